The zero-order valence-corrected chi connectivity index (χ0v) is 14.1. The number of carboxylic acid groups (broad SMARTS) is 1. The molecule has 0 bridgehead atoms. The average Bonchev–Trinajstić information content (AvgIpc) is 2.45. The van der Waals surface area contributed by atoms with Crippen LogP contribution in [-0.2, 0) is 14.3 Å². The average molecular weight is 318 g/mol. The van der Waals surface area contributed by atoms with Crippen LogP contribution in [0, 0.1) is 0 Å². The quantitative estimate of drug-likeness (QED) is 0.361. The molecule has 0 fully saturated rings. The molecule has 0 unspecified atom stereocenters. The van der Waals surface area contributed by atoms with Crippen LogP contribution in [0.5, 0.6) is 0 Å². The van der Waals surface area contributed by atoms with Crippen molar-refractivity contribution in [1.29, 1.82) is 0 Å². The van der Waals surface area contributed by atoms with Gasteiger partial charge in [-0.3, -0.25) is 9.59 Å². The molecular formula is C16H30O4S. The fourth-order valence-electron chi connectivity index (χ4n) is 1.91. The molecule has 0 saturated heterocycles. The van der Waals surface area contributed by atoms with Gasteiger partial charge in [-0.1, -0.05) is 51.9 Å². The van der Waals surface area contributed by atoms with Gasteiger partial charge in [-0.05, 0) is 6.42 Å². The van der Waals surface area contributed by atoms with Gasteiger partial charge in [0.15, 0.2) is 0 Å². The van der Waals surface area contributed by atoms with E-state index in [1.165, 1.54) is 50.3 Å². The predicted octanol–water partition coefficient (Wildman–Crippen LogP) is 4.27. The number of carbonyl (C=O) groups excluding carboxylic acids is 1. The van der Waals surface area contributed by atoms with E-state index >= 15 is 0 Å². The van der Waals surface area contributed by atoms with E-state index in [1.807, 2.05) is 0 Å². The molecule has 0 aromatic rings. The highest BCUT2D eigenvalue weighted by Gasteiger charge is 2.03. The Morgan fingerprint density at radius 1 is 0.905 bits per heavy atom. The minimum absolute atomic E-state index is 0.151. The summed E-state index contributed by atoms with van der Waals surface area (Å²) in [5, 5.41) is 8.46. The van der Waals surface area contributed by atoms with Crippen molar-refractivity contribution < 1.29 is 19.4 Å². The summed E-state index contributed by atoms with van der Waals surface area (Å²) in [6.45, 7) is 2.74. The molecule has 0 aliphatic heterocycles. The monoisotopic (exact) mass is 318 g/mol. The Kier molecular flexibility index (Phi) is 15.1. The van der Waals surface area contributed by atoms with Gasteiger partial charge in [0.1, 0.15) is 0 Å². The Morgan fingerprint density at radius 2 is 1.48 bits per heavy atom. The number of carbonyl (C=O) groups is 2. The number of ether oxygens (including phenoxy) is 1. The third-order valence-electron chi connectivity index (χ3n) is 3.17. The second-order valence-corrected chi connectivity index (χ2v) is 6.43. The molecule has 0 aromatic carbocycles. The molecule has 1 N–H and O–H groups in total. The van der Waals surface area contributed by atoms with Crippen LogP contribution < -0.4 is 0 Å². The lowest BCUT2D eigenvalue weighted by Gasteiger charge is -2.05. The van der Waals surface area contributed by atoms with Gasteiger partial charge >= 0.3 is 11.9 Å². The van der Waals surface area contributed by atoms with E-state index in [2.05, 4.69) is 6.92 Å². The van der Waals surface area contributed by atoms with Crippen LogP contribution in [0.1, 0.15) is 71.1 Å². The number of unbranched alkanes of at least 4 members (excludes halogenated alkanes) is 7. The van der Waals surface area contributed by atoms with Crippen molar-refractivity contribution in [2.45, 2.75) is 71.1 Å². The molecule has 0 saturated carbocycles. The number of esters is 1. The molecule has 0 spiro atoms. The Labute approximate surface area is 133 Å². The first kappa shape index (κ1) is 20.3. The van der Waals surface area contributed by atoms with Crippen LogP contribution in [0.4, 0.5) is 0 Å². The Morgan fingerprint density at radius 3 is 2.10 bits per heavy atom. The van der Waals surface area contributed by atoms with Gasteiger partial charge in [0, 0.05) is 11.5 Å². The van der Waals surface area contributed by atoms with Crippen LogP contribution in [-0.4, -0.2) is 35.2 Å². The second-order valence-electron chi connectivity index (χ2n) is 5.20. The van der Waals surface area contributed by atoms with E-state index in [9.17, 15) is 9.59 Å². The van der Waals surface area contributed by atoms with Gasteiger partial charge in [0.05, 0.1) is 19.4 Å². The molecule has 5 heteroatoms. The molecule has 0 atom stereocenters. The minimum Gasteiger partial charge on any atom is -0.481 e. The third-order valence-corrected chi connectivity index (χ3v) is 4.16. The minimum atomic E-state index is -0.792. The van der Waals surface area contributed by atoms with Gasteiger partial charge in [0.2, 0.25) is 0 Å². The highest BCUT2D eigenvalue weighted by atomic mass is 32.2. The number of hydrogen-bond acceptors (Lipinski definition) is 4. The van der Waals surface area contributed by atoms with E-state index in [-0.39, 0.29) is 12.4 Å². The summed E-state index contributed by atoms with van der Waals surface area (Å²) in [5.74, 6) is 0.241. The lowest BCUT2D eigenvalue weighted by Crippen LogP contribution is -2.07. The summed E-state index contributed by atoms with van der Waals surface area (Å²) in [7, 11) is 0. The van der Waals surface area contributed by atoms with Gasteiger partial charge in [-0.15, -0.1) is 0 Å². The van der Waals surface area contributed by atoms with Crippen LogP contribution in [0.2, 0.25) is 0 Å². The van der Waals surface area contributed by atoms with Crippen molar-refractivity contribution in [3.63, 3.8) is 0 Å². The van der Waals surface area contributed by atoms with Gasteiger partial charge in [-0.25, -0.2) is 0 Å². The molecule has 0 radical (unpaired) electrons. The van der Waals surface area contributed by atoms with Gasteiger partial charge in [0.25, 0.3) is 0 Å². The molecular weight excluding hydrogens is 288 g/mol. The summed E-state index contributed by atoms with van der Waals surface area (Å²) >= 11 is 1.48. The van der Waals surface area contributed by atoms with E-state index in [0.29, 0.717) is 24.5 Å². The molecule has 0 aliphatic rings. The fourth-order valence-corrected chi connectivity index (χ4v) is 2.75. The van der Waals surface area contributed by atoms with Crippen molar-refractivity contribution in [2.24, 2.45) is 0 Å². The summed E-state index contributed by atoms with van der Waals surface area (Å²) in [6.07, 6.45) is 10.4. The lowest BCUT2D eigenvalue weighted by atomic mass is 10.1. The SMILES string of the molecule is CCCCCCCCCCOC(=O)CCSCCC(=O)O. The molecule has 0 heterocycles. The maximum absolute atomic E-state index is 11.4. The van der Waals surface area contributed by atoms with Gasteiger partial charge < -0.3 is 9.84 Å². The largest absolute Gasteiger partial charge is 0.481 e. The second kappa shape index (κ2) is 15.7. The lowest BCUT2D eigenvalue weighted by molar-refractivity contribution is -0.143. The standard InChI is InChI=1S/C16H30O4S/c1-2-3-4-5-6-7-8-9-12-20-16(19)11-14-21-13-10-15(17)18/h2-14H2,1H3,(H,17,18). The van der Waals surface area contributed by atoms with E-state index in [1.54, 1.807) is 0 Å². The van der Waals surface area contributed by atoms with Crippen molar-refractivity contribution in [3.05, 3.63) is 0 Å². The summed E-state index contributed by atoms with van der Waals surface area (Å²) in [4.78, 5) is 21.7. The van der Waals surface area contributed by atoms with E-state index < -0.39 is 5.97 Å². The third kappa shape index (κ3) is 17.2. The highest BCUT2D eigenvalue weighted by molar-refractivity contribution is 7.99. The number of carboxylic acids is 1. The van der Waals surface area contributed by atoms with Crippen molar-refractivity contribution in [3.8, 4) is 0 Å². The topological polar surface area (TPSA) is 63.6 Å². The van der Waals surface area contributed by atoms with Crippen LogP contribution >= 0.6 is 11.8 Å². The molecule has 21 heavy (non-hydrogen) atoms. The van der Waals surface area contributed by atoms with Crippen molar-refractivity contribution >= 4 is 23.7 Å². The van der Waals surface area contributed by atoms with Crippen LogP contribution in [0.25, 0.3) is 0 Å². The smallest absolute Gasteiger partial charge is 0.306 e. The van der Waals surface area contributed by atoms with Crippen LogP contribution in [0.3, 0.4) is 0 Å². The summed E-state index contributed by atoms with van der Waals surface area (Å²) in [5.41, 5.74) is 0. The Hall–Kier alpha value is -0.710. The number of aliphatic carboxylic acids is 1. The molecule has 0 rings (SSSR count). The first-order valence-electron chi connectivity index (χ1n) is 8.12. The Bertz CT molecular complexity index is 269. The first-order chi connectivity index (χ1) is 10.2. The van der Waals surface area contributed by atoms with E-state index in [0.717, 1.165) is 12.8 Å². The molecule has 0 aromatic heterocycles. The predicted molar refractivity (Wildman–Crippen MR) is 87.8 cm³/mol. The highest BCUT2D eigenvalue weighted by Crippen LogP contribution is 2.09. The summed E-state index contributed by atoms with van der Waals surface area (Å²) in [6, 6.07) is 0. The van der Waals surface area contributed by atoms with Gasteiger partial charge in [-0.2, -0.15) is 11.8 Å². The molecule has 0 aliphatic carbocycles. The van der Waals surface area contributed by atoms with Crippen LogP contribution in [0.15, 0.2) is 0 Å². The Balaban J connectivity index is 3.17. The normalized spacial score (nSPS) is 10.5. The van der Waals surface area contributed by atoms with Crippen molar-refractivity contribution in [2.75, 3.05) is 18.1 Å². The first-order valence-corrected chi connectivity index (χ1v) is 9.27. The maximum atomic E-state index is 11.4. The number of hydrogen-bond donors (Lipinski definition) is 1. The molecule has 4 nitrogen and oxygen atoms in total. The maximum Gasteiger partial charge on any atom is 0.306 e. The number of thioether (sulfide) groups is 1. The zero-order chi connectivity index (χ0) is 15.8. The molecule has 124 valence electrons. The van der Waals surface area contributed by atoms with E-state index in [4.69, 9.17) is 9.84 Å². The molecule has 0 amide bonds. The summed E-state index contributed by atoms with van der Waals surface area (Å²) < 4.78 is 5.15. The van der Waals surface area contributed by atoms with Crippen molar-refractivity contribution in [1.82, 2.24) is 0 Å². The fraction of sp³-hybridized carbons (Fsp3) is 0.875. The zero-order valence-electron chi connectivity index (χ0n) is 13.3. The number of rotatable bonds is 15.